The lowest BCUT2D eigenvalue weighted by molar-refractivity contribution is -0.121. The van der Waals surface area contributed by atoms with E-state index < -0.39 is 0 Å². The number of halogens is 1. The Bertz CT molecular complexity index is 847. The first-order valence-electron chi connectivity index (χ1n) is 9.25. The molecule has 0 bridgehead atoms. The van der Waals surface area contributed by atoms with Crippen molar-refractivity contribution in [1.82, 2.24) is 5.32 Å². The lowest BCUT2D eigenvalue weighted by Crippen LogP contribution is -2.35. The Labute approximate surface area is 160 Å². The molecule has 0 aromatic heterocycles. The Morgan fingerprint density at radius 3 is 2.04 bits per heavy atom. The predicted octanol–water partition coefficient (Wildman–Crippen LogP) is 5.10. The van der Waals surface area contributed by atoms with Crippen LogP contribution in [0.4, 0.5) is 4.39 Å². The minimum Gasteiger partial charge on any atom is -0.353 e. The van der Waals surface area contributed by atoms with Crippen LogP contribution in [0.25, 0.3) is 0 Å². The zero-order chi connectivity index (χ0) is 19.1. The van der Waals surface area contributed by atoms with Gasteiger partial charge in [0.05, 0.1) is 0 Å². The van der Waals surface area contributed by atoms with Crippen LogP contribution in [0.3, 0.4) is 0 Å². The van der Waals surface area contributed by atoms with Gasteiger partial charge in [0.1, 0.15) is 5.82 Å². The number of nitrogens with one attached hydrogen (secondary N) is 1. The molecule has 0 spiro atoms. The number of hydrogen-bond acceptors (Lipinski definition) is 1. The molecule has 3 aromatic carbocycles. The summed E-state index contributed by atoms with van der Waals surface area (Å²) in [6.45, 7) is 2.01. The summed E-state index contributed by atoms with van der Waals surface area (Å²) in [5.41, 5.74) is 3.19. The van der Waals surface area contributed by atoms with Crippen LogP contribution in [0, 0.1) is 5.82 Å². The van der Waals surface area contributed by atoms with Crippen molar-refractivity contribution in [3.63, 3.8) is 0 Å². The lowest BCUT2D eigenvalue weighted by atomic mass is 9.88. The summed E-state index contributed by atoms with van der Waals surface area (Å²) in [6.07, 6.45) is 1.12. The van der Waals surface area contributed by atoms with E-state index in [2.05, 4.69) is 17.4 Å². The van der Waals surface area contributed by atoms with Gasteiger partial charge < -0.3 is 5.32 Å². The van der Waals surface area contributed by atoms with Gasteiger partial charge in [-0.1, -0.05) is 72.8 Å². The van der Waals surface area contributed by atoms with Crippen LogP contribution >= 0.6 is 0 Å². The van der Waals surface area contributed by atoms with E-state index in [0.717, 1.165) is 17.5 Å². The molecule has 0 aliphatic heterocycles. The van der Waals surface area contributed by atoms with E-state index in [1.54, 1.807) is 12.1 Å². The van der Waals surface area contributed by atoms with E-state index >= 15 is 0 Å². The maximum atomic E-state index is 13.3. The maximum Gasteiger partial charge on any atom is 0.221 e. The summed E-state index contributed by atoms with van der Waals surface area (Å²) in [7, 11) is 0. The minimum absolute atomic E-state index is 0.00314. The Balaban J connectivity index is 1.70. The summed E-state index contributed by atoms with van der Waals surface area (Å²) < 4.78 is 13.3. The highest BCUT2D eigenvalue weighted by molar-refractivity contribution is 5.78. The number of amides is 1. The maximum absolute atomic E-state index is 13.3. The minimum atomic E-state index is -0.272. The molecular formula is C24H24FNO. The van der Waals surface area contributed by atoms with Gasteiger partial charge in [-0.15, -0.1) is 0 Å². The third-order valence-electron chi connectivity index (χ3n) is 4.66. The fourth-order valence-electron chi connectivity index (χ4n) is 3.35. The van der Waals surface area contributed by atoms with Crippen molar-refractivity contribution in [3.8, 4) is 0 Å². The van der Waals surface area contributed by atoms with Crippen molar-refractivity contribution in [2.24, 2.45) is 0 Å². The molecule has 2 nitrogen and oxygen atoms in total. The highest BCUT2D eigenvalue weighted by atomic mass is 19.1. The van der Waals surface area contributed by atoms with Gasteiger partial charge in [-0.05, 0) is 42.2 Å². The largest absolute Gasteiger partial charge is 0.353 e. The highest BCUT2D eigenvalue weighted by Crippen LogP contribution is 2.28. The molecular weight excluding hydrogens is 337 g/mol. The van der Waals surface area contributed by atoms with Gasteiger partial charge in [0.25, 0.3) is 0 Å². The Morgan fingerprint density at radius 1 is 0.852 bits per heavy atom. The highest BCUT2D eigenvalue weighted by Gasteiger charge is 2.19. The summed E-state index contributed by atoms with van der Waals surface area (Å²) in [6, 6.07) is 26.5. The molecule has 0 saturated heterocycles. The SMILES string of the molecule is CC(Cc1ccccc1)NC(=O)CC(c1ccccc1)c1ccc(F)cc1. The van der Waals surface area contributed by atoms with Gasteiger partial charge in [0, 0.05) is 18.4 Å². The second-order valence-corrected chi connectivity index (χ2v) is 6.88. The second-order valence-electron chi connectivity index (χ2n) is 6.88. The van der Waals surface area contributed by atoms with Gasteiger partial charge in [-0.2, -0.15) is 0 Å². The third-order valence-corrected chi connectivity index (χ3v) is 4.66. The first kappa shape index (κ1) is 18.8. The fourth-order valence-corrected chi connectivity index (χ4v) is 3.35. The van der Waals surface area contributed by atoms with Gasteiger partial charge in [0.15, 0.2) is 0 Å². The fraction of sp³-hybridized carbons (Fsp3) is 0.208. The van der Waals surface area contributed by atoms with Crippen molar-refractivity contribution in [1.29, 1.82) is 0 Å². The number of benzene rings is 3. The van der Waals surface area contributed by atoms with Crippen LogP contribution in [-0.4, -0.2) is 11.9 Å². The monoisotopic (exact) mass is 361 g/mol. The second kappa shape index (κ2) is 9.13. The lowest BCUT2D eigenvalue weighted by Gasteiger charge is -2.20. The molecule has 3 heteroatoms. The van der Waals surface area contributed by atoms with Crippen molar-refractivity contribution < 1.29 is 9.18 Å². The predicted molar refractivity (Wildman–Crippen MR) is 107 cm³/mol. The van der Waals surface area contributed by atoms with Gasteiger partial charge in [-0.3, -0.25) is 4.79 Å². The van der Waals surface area contributed by atoms with Crippen LogP contribution in [-0.2, 0) is 11.2 Å². The van der Waals surface area contributed by atoms with Crippen LogP contribution in [0.1, 0.15) is 36.0 Å². The third kappa shape index (κ3) is 5.52. The first-order chi connectivity index (χ1) is 13.1. The average Bonchev–Trinajstić information content (AvgIpc) is 2.68. The first-order valence-corrected chi connectivity index (χ1v) is 9.25. The summed E-state index contributed by atoms with van der Waals surface area (Å²) in [4.78, 5) is 12.7. The quantitative estimate of drug-likeness (QED) is 0.624. The molecule has 138 valence electrons. The van der Waals surface area contributed by atoms with Crippen molar-refractivity contribution in [2.45, 2.75) is 31.7 Å². The van der Waals surface area contributed by atoms with Crippen LogP contribution in [0.2, 0.25) is 0 Å². The van der Waals surface area contributed by atoms with Gasteiger partial charge >= 0.3 is 0 Å². The number of hydrogen-bond donors (Lipinski definition) is 1. The van der Waals surface area contributed by atoms with Crippen LogP contribution in [0.15, 0.2) is 84.9 Å². The number of rotatable bonds is 7. The van der Waals surface area contributed by atoms with Crippen LogP contribution in [0.5, 0.6) is 0 Å². The summed E-state index contributed by atoms with van der Waals surface area (Å²) in [5.74, 6) is -0.376. The van der Waals surface area contributed by atoms with E-state index in [1.165, 1.54) is 17.7 Å². The molecule has 2 unspecified atom stereocenters. The van der Waals surface area contributed by atoms with Crippen molar-refractivity contribution in [3.05, 3.63) is 107 Å². The van der Waals surface area contributed by atoms with Crippen molar-refractivity contribution >= 4 is 5.91 Å². The summed E-state index contributed by atoms with van der Waals surface area (Å²) in [5, 5.41) is 3.10. The van der Waals surface area contributed by atoms with E-state index in [9.17, 15) is 9.18 Å². The van der Waals surface area contributed by atoms with E-state index in [4.69, 9.17) is 0 Å². The molecule has 2 atom stereocenters. The average molecular weight is 361 g/mol. The number of carbonyl (C=O) groups excluding carboxylic acids is 1. The smallest absolute Gasteiger partial charge is 0.221 e. The molecule has 3 rings (SSSR count). The molecule has 1 N–H and O–H groups in total. The Hall–Kier alpha value is -2.94. The van der Waals surface area contributed by atoms with Gasteiger partial charge in [0.2, 0.25) is 5.91 Å². The molecule has 3 aromatic rings. The summed E-state index contributed by atoms with van der Waals surface area (Å²) >= 11 is 0. The molecule has 0 aliphatic carbocycles. The molecule has 0 saturated carbocycles. The zero-order valence-electron chi connectivity index (χ0n) is 15.4. The molecule has 0 heterocycles. The molecule has 0 fully saturated rings. The standard InChI is InChI=1S/C24H24FNO/c1-18(16-19-8-4-2-5-9-19)26-24(27)17-23(20-10-6-3-7-11-20)21-12-14-22(25)15-13-21/h2-15,18,23H,16-17H2,1H3,(H,26,27). The molecule has 0 radical (unpaired) electrons. The Morgan fingerprint density at radius 2 is 1.41 bits per heavy atom. The van der Waals surface area contributed by atoms with Crippen LogP contribution < -0.4 is 5.32 Å². The normalized spacial score (nSPS) is 13.0. The van der Waals surface area contributed by atoms with E-state index in [0.29, 0.717) is 6.42 Å². The topological polar surface area (TPSA) is 29.1 Å². The van der Waals surface area contributed by atoms with E-state index in [-0.39, 0.29) is 23.7 Å². The number of carbonyl (C=O) groups is 1. The molecule has 27 heavy (non-hydrogen) atoms. The zero-order valence-corrected chi connectivity index (χ0v) is 15.4. The Kier molecular flexibility index (Phi) is 6.37. The molecule has 1 amide bonds. The van der Waals surface area contributed by atoms with Gasteiger partial charge in [-0.25, -0.2) is 4.39 Å². The van der Waals surface area contributed by atoms with E-state index in [1.807, 2.05) is 55.5 Å². The van der Waals surface area contributed by atoms with Crippen molar-refractivity contribution in [2.75, 3.05) is 0 Å². The molecule has 0 aliphatic rings.